The zero-order chi connectivity index (χ0) is 11.4. The second-order valence-corrected chi connectivity index (χ2v) is 6.60. The van der Waals surface area contributed by atoms with Gasteiger partial charge in [0.05, 0.1) is 9.46 Å². The number of carbonyl (C=O) groups is 1. The normalized spacial score (nSPS) is 28.5. The molecular weight excluding hydrogens is 315 g/mol. The quantitative estimate of drug-likeness (QED) is 0.370. The molecular formula is C12H17IN2O. The highest BCUT2D eigenvalue weighted by Gasteiger charge is 2.35. The van der Waals surface area contributed by atoms with Crippen LogP contribution in [-0.2, 0) is 4.79 Å². The molecule has 0 spiro atoms. The van der Waals surface area contributed by atoms with Crippen LogP contribution in [0.25, 0.3) is 0 Å². The number of carbonyl (C=O) groups excluding carboxylic acids is 1. The Hall–Kier alpha value is -0.360. The van der Waals surface area contributed by atoms with E-state index in [0.29, 0.717) is 4.05 Å². The van der Waals surface area contributed by atoms with Gasteiger partial charge >= 0.3 is 0 Å². The second-order valence-electron chi connectivity index (χ2n) is 4.29. The Labute approximate surface area is 106 Å². The molecule has 4 heteroatoms. The fourth-order valence-electron chi connectivity index (χ4n) is 2.28. The van der Waals surface area contributed by atoms with E-state index in [1.807, 2.05) is 6.21 Å². The molecule has 0 aromatic rings. The number of nitrogens with zero attached hydrogens (tertiary/aromatic N) is 1. The molecule has 2 aliphatic heterocycles. The van der Waals surface area contributed by atoms with Gasteiger partial charge in [-0.2, -0.15) is 0 Å². The van der Waals surface area contributed by atoms with E-state index in [1.165, 1.54) is 0 Å². The van der Waals surface area contributed by atoms with Crippen molar-refractivity contribution in [3.05, 3.63) is 11.6 Å². The molecule has 2 aliphatic rings. The number of aliphatic imine (C=N–C) groups is 1. The lowest BCUT2D eigenvalue weighted by Gasteiger charge is -2.34. The van der Waals surface area contributed by atoms with Crippen LogP contribution in [0, 0.1) is 5.41 Å². The maximum absolute atomic E-state index is 11.4. The lowest BCUT2D eigenvalue weighted by atomic mass is 9.73. The number of halogens is 1. The van der Waals surface area contributed by atoms with Gasteiger partial charge in [-0.3, -0.25) is 4.99 Å². The zero-order valence-corrected chi connectivity index (χ0v) is 11.4. The van der Waals surface area contributed by atoms with Crippen molar-refractivity contribution < 1.29 is 4.79 Å². The highest BCUT2D eigenvalue weighted by Crippen LogP contribution is 2.36. The Balaban J connectivity index is 2.16. The van der Waals surface area contributed by atoms with Crippen LogP contribution >= 0.6 is 20.7 Å². The van der Waals surface area contributed by atoms with Gasteiger partial charge in [-0.25, -0.2) is 0 Å². The van der Waals surface area contributed by atoms with Crippen LogP contribution in [-0.4, -0.2) is 34.2 Å². The second kappa shape index (κ2) is 5.31. The number of dihydropyridines is 1. The predicted octanol–water partition coefficient (Wildman–Crippen LogP) is 1.68. The van der Waals surface area contributed by atoms with Crippen molar-refractivity contribution in [2.75, 3.05) is 13.1 Å². The van der Waals surface area contributed by atoms with Gasteiger partial charge in [-0.15, -0.1) is 20.7 Å². The molecule has 1 unspecified atom stereocenters. The summed E-state index contributed by atoms with van der Waals surface area (Å²) in [4.78, 5) is 15.9. The fourth-order valence-corrected chi connectivity index (χ4v) is 3.28. The van der Waals surface area contributed by atoms with E-state index in [0.717, 1.165) is 44.2 Å². The highest BCUT2D eigenvalue weighted by molar-refractivity contribution is 14.2. The molecule has 0 aromatic heterocycles. The number of rotatable bonds is 3. The molecule has 0 aromatic carbocycles. The Morgan fingerprint density at radius 3 is 2.81 bits per heavy atom. The van der Waals surface area contributed by atoms with Gasteiger partial charge in [-0.1, -0.05) is 10.6 Å². The molecule has 1 saturated heterocycles. The first-order valence-electron chi connectivity index (χ1n) is 5.58. The van der Waals surface area contributed by atoms with Gasteiger partial charge in [-0.05, 0) is 37.9 Å². The van der Waals surface area contributed by atoms with Crippen molar-refractivity contribution in [1.29, 1.82) is 0 Å². The summed E-state index contributed by atoms with van der Waals surface area (Å²) in [5.41, 5.74) is 0.872. The summed E-state index contributed by atoms with van der Waals surface area (Å²) >= 11 is -0.0663. The van der Waals surface area contributed by atoms with Crippen LogP contribution in [0.4, 0.5) is 0 Å². The summed E-state index contributed by atoms with van der Waals surface area (Å²) < 4.78 is 4.40. The first kappa shape index (κ1) is 12.1. The van der Waals surface area contributed by atoms with Gasteiger partial charge in [0.25, 0.3) is 0 Å². The lowest BCUT2D eigenvalue weighted by molar-refractivity contribution is -0.115. The van der Waals surface area contributed by atoms with Crippen molar-refractivity contribution in [2.24, 2.45) is 10.4 Å². The summed E-state index contributed by atoms with van der Waals surface area (Å²) in [6.07, 6.45) is 8.05. The van der Waals surface area contributed by atoms with Gasteiger partial charge in [0, 0.05) is 6.21 Å². The minimum Gasteiger partial charge on any atom is -0.317 e. The standard InChI is InChI=1S/C12H17IN2O/c1-13-11-3-2-10(8-15-11)12(9-16)4-6-14-7-5-12/h2,8-9,11,14H,1,3-7H2. The molecule has 16 heavy (non-hydrogen) atoms. The smallest absolute Gasteiger partial charge is 0.130 e. The van der Waals surface area contributed by atoms with Crippen LogP contribution in [0.15, 0.2) is 16.6 Å². The third-order valence-electron chi connectivity index (χ3n) is 3.38. The monoisotopic (exact) mass is 332 g/mol. The van der Waals surface area contributed by atoms with Crippen LogP contribution in [0.1, 0.15) is 19.3 Å². The summed E-state index contributed by atoms with van der Waals surface area (Å²) in [6.45, 7) is 1.85. The number of nitrogens with one attached hydrogen (secondary N) is 1. The van der Waals surface area contributed by atoms with Crippen LogP contribution < -0.4 is 5.32 Å². The molecule has 2 rings (SSSR count). The summed E-state index contributed by atoms with van der Waals surface area (Å²) in [7, 11) is 0. The van der Waals surface area contributed by atoms with E-state index in [4.69, 9.17) is 0 Å². The fraction of sp³-hybridized carbons (Fsp3) is 0.583. The van der Waals surface area contributed by atoms with E-state index < -0.39 is 0 Å². The van der Waals surface area contributed by atoms with Crippen molar-refractivity contribution in [3.63, 3.8) is 0 Å². The molecule has 0 amide bonds. The SMILES string of the molecule is C=IC1CC=C(C2(C=O)CCNCC2)C=N1. The number of hydrogen-bond donors (Lipinski definition) is 1. The molecule has 3 nitrogen and oxygen atoms in total. The van der Waals surface area contributed by atoms with Gasteiger partial charge in [0.15, 0.2) is 0 Å². The van der Waals surface area contributed by atoms with E-state index in [-0.39, 0.29) is 26.1 Å². The third kappa shape index (κ3) is 2.32. The van der Waals surface area contributed by atoms with Crippen LogP contribution in [0.2, 0.25) is 0 Å². The van der Waals surface area contributed by atoms with Gasteiger partial charge in [0.1, 0.15) is 6.29 Å². The molecule has 0 radical (unpaired) electrons. The Kier molecular flexibility index (Phi) is 4.02. The maximum atomic E-state index is 11.4. The van der Waals surface area contributed by atoms with E-state index in [9.17, 15) is 4.79 Å². The third-order valence-corrected chi connectivity index (χ3v) is 5.23. The van der Waals surface area contributed by atoms with Gasteiger partial charge < -0.3 is 10.1 Å². The Bertz CT molecular complexity index is 343. The first-order valence-corrected chi connectivity index (χ1v) is 8.36. The molecule has 1 atom stereocenters. The van der Waals surface area contributed by atoms with Crippen molar-refractivity contribution in [2.45, 2.75) is 23.3 Å². The van der Waals surface area contributed by atoms with Crippen molar-refractivity contribution in [1.82, 2.24) is 5.32 Å². The van der Waals surface area contributed by atoms with Crippen LogP contribution in [0.5, 0.6) is 0 Å². The lowest BCUT2D eigenvalue weighted by Crippen LogP contribution is -2.40. The van der Waals surface area contributed by atoms with E-state index >= 15 is 0 Å². The number of hydrogen-bond acceptors (Lipinski definition) is 3. The summed E-state index contributed by atoms with van der Waals surface area (Å²) in [5.74, 6) is 0. The number of aldehydes is 1. The minimum absolute atomic E-state index is 0.0663. The Morgan fingerprint density at radius 1 is 1.56 bits per heavy atom. The molecule has 0 saturated carbocycles. The van der Waals surface area contributed by atoms with Crippen molar-refractivity contribution >= 4 is 37.7 Å². The molecule has 2 heterocycles. The van der Waals surface area contributed by atoms with Crippen LogP contribution in [0.3, 0.4) is 0 Å². The number of alkyl halides is 1. The average Bonchev–Trinajstić information content (AvgIpc) is 2.39. The molecule has 1 N–H and O–H groups in total. The maximum Gasteiger partial charge on any atom is 0.130 e. The summed E-state index contributed by atoms with van der Waals surface area (Å²) in [5, 5.41) is 3.30. The summed E-state index contributed by atoms with van der Waals surface area (Å²) in [6, 6.07) is 0. The molecule has 0 bridgehead atoms. The van der Waals surface area contributed by atoms with E-state index in [2.05, 4.69) is 20.9 Å². The van der Waals surface area contributed by atoms with Gasteiger partial charge in [0.2, 0.25) is 0 Å². The molecule has 1 fully saturated rings. The first-order chi connectivity index (χ1) is 7.80. The Morgan fingerprint density at radius 2 is 2.31 bits per heavy atom. The number of piperidine rings is 1. The topological polar surface area (TPSA) is 41.5 Å². The predicted molar refractivity (Wildman–Crippen MR) is 76.7 cm³/mol. The highest BCUT2D eigenvalue weighted by atomic mass is 127. The molecule has 88 valence electrons. The van der Waals surface area contributed by atoms with Crippen molar-refractivity contribution in [3.8, 4) is 0 Å². The molecule has 0 aliphatic carbocycles. The minimum atomic E-state index is -0.265. The zero-order valence-electron chi connectivity index (χ0n) is 9.29. The van der Waals surface area contributed by atoms with E-state index in [1.54, 1.807) is 0 Å². The number of allylic oxidation sites excluding steroid dienone is 1. The average molecular weight is 332 g/mol. The largest absolute Gasteiger partial charge is 0.317 e.